The number of aliphatic imine (C=N–C) groups is 1. The zero-order valence-electron chi connectivity index (χ0n) is 25.4. The Morgan fingerprint density at radius 1 is 1.18 bits per heavy atom. The van der Waals surface area contributed by atoms with Gasteiger partial charge in [0.2, 0.25) is 5.91 Å². The van der Waals surface area contributed by atoms with Crippen molar-refractivity contribution in [2.75, 3.05) is 13.7 Å². The number of rotatable bonds is 11. The van der Waals surface area contributed by atoms with Crippen LogP contribution >= 0.6 is 0 Å². The number of nitrogens with one attached hydrogen (secondary N) is 1. The van der Waals surface area contributed by atoms with Crippen LogP contribution in [-0.4, -0.2) is 53.8 Å². The van der Waals surface area contributed by atoms with Gasteiger partial charge in [-0.15, -0.1) is 0 Å². The lowest BCUT2D eigenvalue weighted by Crippen LogP contribution is -2.55. The van der Waals surface area contributed by atoms with E-state index in [9.17, 15) is 14.4 Å². The number of esters is 1. The van der Waals surface area contributed by atoms with Gasteiger partial charge in [0, 0.05) is 12.1 Å². The molecule has 1 heterocycles. The lowest BCUT2D eigenvalue weighted by Gasteiger charge is -2.48. The monoisotopic (exact) mass is 541 g/mol. The first-order chi connectivity index (χ1) is 18.4. The van der Waals surface area contributed by atoms with Crippen LogP contribution in [-0.2, 0) is 19.1 Å². The number of hydrogen-bond acceptors (Lipinski definition) is 5. The third-order valence-corrected chi connectivity index (χ3v) is 8.76. The van der Waals surface area contributed by atoms with Gasteiger partial charge < -0.3 is 15.0 Å². The Morgan fingerprint density at radius 2 is 1.87 bits per heavy atom. The third kappa shape index (κ3) is 7.61. The molecule has 0 aromatic carbocycles. The maximum absolute atomic E-state index is 14.1. The number of unbranched alkanes of at least 4 members (excludes halogenated alkanes) is 1. The summed E-state index contributed by atoms with van der Waals surface area (Å²) in [5.74, 6) is 0.650. The van der Waals surface area contributed by atoms with Crippen molar-refractivity contribution in [1.29, 1.82) is 0 Å². The number of allylic oxidation sites excluding steroid dienone is 2. The molecule has 0 bridgehead atoms. The van der Waals surface area contributed by atoms with Crippen molar-refractivity contribution in [1.82, 2.24) is 10.2 Å². The predicted octanol–water partition coefficient (Wildman–Crippen LogP) is 6.13. The molecule has 0 aromatic heterocycles. The summed E-state index contributed by atoms with van der Waals surface area (Å²) >= 11 is 0. The van der Waals surface area contributed by atoms with E-state index >= 15 is 0 Å². The van der Waals surface area contributed by atoms with Crippen molar-refractivity contribution in [3.63, 3.8) is 0 Å². The average molecular weight is 542 g/mol. The Hall–Kier alpha value is -2.44. The molecule has 1 aliphatic heterocycles. The molecule has 3 rings (SSSR count). The number of carbonyl (C=O) groups excluding carboxylic acids is 3. The molecule has 2 aliphatic carbocycles. The largest absolute Gasteiger partial charge is 0.469 e. The van der Waals surface area contributed by atoms with E-state index in [4.69, 9.17) is 4.99 Å². The summed E-state index contributed by atoms with van der Waals surface area (Å²) in [5.41, 5.74) is 2.49. The topological polar surface area (TPSA) is 88.1 Å². The van der Waals surface area contributed by atoms with Crippen LogP contribution in [0.2, 0.25) is 0 Å². The molecule has 1 N–H and O–H groups in total. The fourth-order valence-electron chi connectivity index (χ4n) is 6.42. The van der Waals surface area contributed by atoms with E-state index in [0.29, 0.717) is 23.8 Å². The zero-order valence-corrected chi connectivity index (χ0v) is 25.4. The van der Waals surface area contributed by atoms with Crippen LogP contribution < -0.4 is 5.32 Å². The van der Waals surface area contributed by atoms with Crippen LogP contribution in [0.1, 0.15) is 112 Å². The smallest absolute Gasteiger partial charge is 0.307 e. The van der Waals surface area contributed by atoms with E-state index in [0.717, 1.165) is 63.5 Å². The van der Waals surface area contributed by atoms with Crippen molar-refractivity contribution < 1.29 is 19.1 Å². The van der Waals surface area contributed by atoms with Gasteiger partial charge in [-0.25, -0.2) is 0 Å². The minimum atomic E-state index is -0.447. The molecule has 0 radical (unpaired) electrons. The maximum Gasteiger partial charge on any atom is 0.307 e. The molecule has 1 saturated carbocycles. The van der Waals surface area contributed by atoms with Crippen molar-refractivity contribution in [2.45, 2.75) is 124 Å². The quantitative estimate of drug-likeness (QED) is 0.319. The van der Waals surface area contributed by atoms with Crippen LogP contribution in [0.4, 0.5) is 0 Å². The highest BCUT2D eigenvalue weighted by Crippen LogP contribution is 2.48. The molecule has 218 valence electrons. The lowest BCUT2D eigenvalue weighted by molar-refractivity contribution is -0.140. The molecule has 0 unspecified atom stereocenters. The SMILES string of the molecule is CCCC[C@H](C1=CC=C(C(=O)NCCC(=O)OC)CC1)N1C(=O)C(CC(C)C)=NC12CCC(C(C)(C)C)CC2. The second-order valence-corrected chi connectivity index (χ2v) is 13.1. The highest BCUT2D eigenvalue weighted by molar-refractivity contribution is 6.40. The second-order valence-electron chi connectivity index (χ2n) is 13.1. The van der Waals surface area contributed by atoms with E-state index in [1.807, 2.05) is 6.08 Å². The van der Waals surface area contributed by atoms with Gasteiger partial charge in [-0.1, -0.05) is 66.5 Å². The summed E-state index contributed by atoms with van der Waals surface area (Å²) in [6.45, 7) is 13.7. The van der Waals surface area contributed by atoms with E-state index in [1.165, 1.54) is 12.7 Å². The Morgan fingerprint density at radius 3 is 2.41 bits per heavy atom. The first kappa shape index (κ1) is 31.1. The van der Waals surface area contributed by atoms with Crippen molar-refractivity contribution in [3.05, 3.63) is 23.3 Å². The van der Waals surface area contributed by atoms with Gasteiger partial charge in [-0.2, -0.15) is 0 Å². The first-order valence-electron chi connectivity index (χ1n) is 15.1. The van der Waals surface area contributed by atoms with Gasteiger partial charge >= 0.3 is 5.97 Å². The van der Waals surface area contributed by atoms with Gasteiger partial charge in [0.15, 0.2) is 0 Å². The minimum absolute atomic E-state index is 0.00256. The van der Waals surface area contributed by atoms with E-state index in [2.05, 4.69) is 62.6 Å². The summed E-state index contributed by atoms with van der Waals surface area (Å²) in [6.07, 6.45) is 13.2. The van der Waals surface area contributed by atoms with Crippen molar-refractivity contribution in [3.8, 4) is 0 Å². The lowest BCUT2D eigenvalue weighted by atomic mass is 9.69. The standard InChI is InChI=1S/C32H51N3O4/c1-8-9-10-27(23-11-13-24(14-12-23)29(37)33-20-17-28(36)39-7)35-30(38)26(21-22(2)3)34-32(35)18-15-25(16-19-32)31(4,5)6/h11,13,22,25,27H,8-10,12,14-21H2,1-7H3,(H,33,37)/t25?,27-,32?/m1/s1. The summed E-state index contributed by atoms with van der Waals surface area (Å²) < 4.78 is 4.65. The molecule has 39 heavy (non-hydrogen) atoms. The van der Waals surface area contributed by atoms with Gasteiger partial charge in [0.1, 0.15) is 11.4 Å². The highest BCUT2D eigenvalue weighted by Gasteiger charge is 2.52. The van der Waals surface area contributed by atoms with Gasteiger partial charge in [-0.05, 0) is 74.2 Å². The van der Waals surface area contributed by atoms with Gasteiger partial charge in [0.05, 0.1) is 19.6 Å². The molecule has 1 atom stereocenters. The molecular weight excluding hydrogens is 490 g/mol. The molecule has 7 heteroatoms. The van der Waals surface area contributed by atoms with Crippen molar-refractivity contribution >= 4 is 23.5 Å². The van der Waals surface area contributed by atoms with Crippen LogP contribution in [0.3, 0.4) is 0 Å². The van der Waals surface area contributed by atoms with Crippen molar-refractivity contribution in [2.24, 2.45) is 22.2 Å². The molecular formula is C32H51N3O4. The Bertz CT molecular complexity index is 993. The summed E-state index contributed by atoms with van der Waals surface area (Å²) in [4.78, 5) is 45.6. The van der Waals surface area contributed by atoms with E-state index in [-0.39, 0.29) is 42.2 Å². The zero-order chi connectivity index (χ0) is 28.8. The van der Waals surface area contributed by atoms with E-state index < -0.39 is 5.66 Å². The number of carbonyl (C=O) groups is 3. The molecule has 7 nitrogen and oxygen atoms in total. The van der Waals surface area contributed by atoms with Crippen LogP contribution in [0.25, 0.3) is 0 Å². The molecule has 3 aliphatic rings. The van der Waals surface area contributed by atoms with E-state index in [1.54, 1.807) is 0 Å². The minimum Gasteiger partial charge on any atom is -0.469 e. The normalized spacial score (nSPS) is 24.4. The molecule has 1 spiro atoms. The van der Waals surface area contributed by atoms with Gasteiger partial charge in [0.25, 0.3) is 5.91 Å². The average Bonchev–Trinajstić information content (AvgIpc) is 3.13. The van der Waals surface area contributed by atoms with Gasteiger partial charge in [-0.3, -0.25) is 19.4 Å². The Kier molecular flexibility index (Phi) is 10.6. The second kappa shape index (κ2) is 13.3. The summed E-state index contributed by atoms with van der Waals surface area (Å²) in [7, 11) is 1.34. The molecule has 0 aromatic rings. The first-order valence-corrected chi connectivity index (χ1v) is 15.1. The Labute approximate surface area is 235 Å². The number of nitrogens with zero attached hydrogens (tertiary/aromatic N) is 2. The molecule has 2 amide bonds. The number of amides is 2. The maximum atomic E-state index is 14.1. The van der Waals surface area contributed by atoms with Crippen LogP contribution in [0.5, 0.6) is 0 Å². The number of methoxy groups -OCH3 is 1. The Balaban J connectivity index is 1.87. The summed E-state index contributed by atoms with van der Waals surface area (Å²) in [6, 6.07) is -0.00256. The molecule has 0 saturated heterocycles. The highest BCUT2D eigenvalue weighted by atomic mass is 16.5. The van der Waals surface area contributed by atoms with Crippen LogP contribution in [0.15, 0.2) is 28.3 Å². The van der Waals surface area contributed by atoms with Crippen LogP contribution in [0, 0.1) is 17.3 Å². The number of ether oxygens (including phenoxy) is 1. The summed E-state index contributed by atoms with van der Waals surface area (Å²) in [5, 5.41) is 2.82. The number of hydrogen-bond donors (Lipinski definition) is 1. The fraction of sp³-hybridized carbons (Fsp3) is 0.750. The fourth-order valence-corrected chi connectivity index (χ4v) is 6.42. The predicted molar refractivity (Wildman–Crippen MR) is 156 cm³/mol. The third-order valence-electron chi connectivity index (χ3n) is 8.76. The molecule has 1 fully saturated rings.